The van der Waals surface area contributed by atoms with Crippen molar-refractivity contribution >= 4 is 11.7 Å². The van der Waals surface area contributed by atoms with Gasteiger partial charge in [0.15, 0.2) is 11.9 Å². The molecule has 2 rings (SSSR count). The van der Waals surface area contributed by atoms with E-state index in [4.69, 9.17) is 9.47 Å². The molecule has 2 aromatic carbocycles. The van der Waals surface area contributed by atoms with Crippen LogP contribution < -0.4 is 14.8 Å². The molecular formula is C19H21NO4. The third-order valence-electron chi connectivity index (χ3n) is 3.59. The molecule has 0 radical (unpaired) electrons. The first kappa shape index (κ1) is 17.5. The van der Waals surface area contributed by atoms with Crippen molar-refractivity contribution in [3.8, 4) is 11.5 Å². The highest BCUT2D eigenvalue weighted by Gasteiger charge is 2.15. The predicted octanol–water partition coefficient (Wildman–Crippen LogP) is 2.98. The molecule has 0 aliphatic heterocycles. The highest BCUT2D eigenvalue weighted by molar-refractivity contribution is 5.94. The number of carbonyl (C=O) groups excluding carboxylic acids is 2. The molecule has 0 bridgehead atoms. The minimum atomic E-state index is -0.650. The number of hydrogen-bond donors (Lipinski definition) is 1. The van der Waals surface area contributed by atoms with Crippen molar-refractivity contribution in [2.75, 3.05) is 7.11 Å². The largest absolute Gasteiger partial charge is 0.496 e. The second kappa shape index (κ2) is 8.15. The lowest BCUT2D eigenvalue weighted by Crippen LogP contribution is -2.35. The van der Waals surface area contributed by atoms with Gasteiger partial charge < -0.3 is 14.8 Å². The maximum Gasteiger partial charge on any atom is 0.261 e. The minimum absolute atomic E-state index is 0.0100. The molecule has 5 nitrogen and oxygen atoms in total. The molecule has 0 saturated heterocycles. The molecule has 24 heavy (non-hydrogen) atoms. The van der Waals surface area contributed by atoms with Gasteiger partial charge >= 0.3 is 0 Å². The van der Waals surface area contributed by atoms with E-state index >= 15 is 0 Å². The number of rotatable bonds is 7. The fraction of sp³-hybridized carbons (Fsp3) is 0.263. The van der Waals surface area contributed by atoms with E-state index in [9.17, 15) is 9.59 Å². The van der Waals surface area contributed by atoms with Crippen LogP contribution in [0.2, 0.25) is 0 Å². The summed E-state index contributed by atoms with van der Waals surface area (Å²) >= 11 is 0. The Kier molecular flexibility index (Phi) is 5.95. The molecule has 5 heteroatoms. The van der Waals surface area contributed by atoms with E-state index in [2.05, 4.69) is 5.32 Å². The highest BCUT2D eigenvalue weighted by atomic mass is 16.5. The summed E-state index contributed by atoms with van der Waals surface area (Å²) in [6.07, 6.45) is -0.650. The lowest BCUT2D eigenvalue weighted by Gasteiger charge is -2.15. The quantitative estimate of drug-likeness (QED) is 0.794. The Morgan fingerprint density at radius 2 is 1.75 bits per heavy atom. The highest BCUT2D eigenvalue weighted by Crippen LogP contribution is 2.17. The topological polar surface area (TPSA) is 64.6 Å². The molecule has 0 fully saturated rings. The van der Waals surface area contributed by atoms with Gasteiger partial charge in [-0.15, -0.1) is 0 Å². The summed E-state index contributed by atoms with van der Waals surface area (Å²) < 4.78 is 10.9. The minimum Gasteiger partial charge on any atom is -0.496 e. The van der Waals surface area contributed by atoms with Crippen LogP contribution in [0, 0.1) is 0 Å². The van der Waals surface area contributed by atoms with Crippen LogP contribution >= 0.6 is 0 Å². The zero-order chi connectivity index (χ0) is 17.5. The molecule has 0 spiro atoms. The van der Waals surface area contributed by atoms with E-state index in [1.807, 2.05) is 24.3 Å². The summed E-state index contributed by atoms with van der Waals surface area (Å²) in [4.78, 5) is 23.4. The second-order valence-electron chi connectivity index (χ2n) is 5.37. The van der Waals surface area contributed by atoms with Gasteiger partial charge in [-0.2, -0.15) is 0 Å². The molecule has 0 aliphatic rings. The number of ketones is 1. The van der Waals surface area contributed by atoms with Gasteiger partial charge in [0, 0.05) is 17.7 Å². The van der Waals surface area contributed by atoms with Gasteiger partial charge in [-0.25, -0.2) is 0 Å². The van der Waals surface area contributed by atoms with Crippen molar-refractivity contribution in [1.29, 1.82) is 0 Å². The number of benzene rings is 2. The number of carbonyl (C=O) groups is 2. The standard InChI is InChI=1S/C19H21NO4/c1-13(21)15-8-10-17(11-9-15)24-14(2)19(22)20-12-16-6-4-5-7-18(16)23-3/h4-11,14H,12H2,1-3H3,(H,20,22). The third-order valence-corrected chi connectivity index (χ3v) is 3.59. The SMILES string of the molecule is COc1ccccc1CNC(=O)C(C)Oc1ccc(C(C)=O)cc1. The van der Waals surface area contributed by atoms with Crippen molar-refractivity contribution in [2.45, 2.75) is 26.5 Å². The maximum absolute atomic E-state index is 12.2. The number of para-hydroxylation sites is 1. The van der Waals surface area contributed by atoms with Crippen LogP contribution in [0.25, 0.3) is 0 Å². The normalized spacial score (nSPS) is 11.5. The Morgan fingerprint density at radius 3 is 2.38 bits per heavy atom. The third kappa shape index (κ3) is 4.59. The first-order valence-corrected chi connectivity index (χ1v) is 7.68. The molecule has 126 valence electrons. The van der Waals surface area contributed by atoms with Gasteiger partial charge in [0.2, 0.25) is 0 Å². The average Bonchev–Trinajstić information content (AvgIpc) is 2.60. The Hall–Kier alpha value is -2.82. The van der Waals surface area contributed by atoms with E-state index in [1.54, 1.807) is 38.3 Å². The fourth-order valence-electron chi connectivity index (χ4n) is 2.20. The molecule has 0 heterocycles. The summed E-state index contributed by atoms with van der Waals surface area (Å²) in [6.45, 7) is 3.54. The van der Waals surface area contributed by atoms with E-state index in [0.717, 1.165) is 11.3 Å². The van der Waals surface area contributed by atoms with Gasteiger partial charge in [-0.05, 0) is 44.2 Å². The molecule has 0 aromatic heterocycles. The Morgan fingerprint density at radius 1 is 1.08 bits per heavy atom. The number of ether oxygens (including phenoxy) is 2. The molecule has 1 amide bonds. The van der Waals surface area contributed by atoms with E-state index in [-0.39, 0.29) is 11.7 Å². The maximum atomic E-state index is 12.2. The Labute approximate surface area is 141 Å². The zero-order valence-corrected chi connectivity index (χ0v) is 14.0. The molecule has 2 aromatic rings. The van der Waals surface area contributed by atoms with Crippen LogP contribution in [0.1, 0.15) is 29.8 Å². The van der Waals surface area contributed by atoms with Gasteiger partial charge in [-0.1, -0.05) is 18.2 Å². The summed E-state index contributed by atoms with van der Waals surface area (Å²) in [7, 11) is 1.59. The van der Waals surface area contributed by atoms with Crippen molar-refractivity contribution < 1.29 is 19.1 Å². The van der Waals surface area contributed by atoms with Crippen LogP contribution in [0.3, 0.4) is 0 Å². The lowest BCUT2D eigenvalue weighted by molar-refractivity contribution is -0.127. The lowest BCUT2D eigenvalue weighted by atomic mass is 10.1. The van der Waals surface area contributed by atoms with Crippen LogP contribution in [0.5, 0.6) is 11.5 Å². The van der Waals surface area contributed by atoms with Crippen molar-refractivity contribution in [3.05, 3.63) is 59.7 Å². The molecular weight excluding hydrogens is 306 g/mol. The van der Waals surface area contributed by atoms with Crippen molar-refractivity contribution in [1.82, 2.24) is 5.32 Å². The van der Waals surface area contributed by atoms with Crippen molar-refractivity contribution in [3.63, 3.8) is 0 Å². The van der Waals surface area contributed by atoms with Gasteiger partial charge in [-0.3, -0.25) is 9.59 Å². The monoisotopic (exact) mass is 327 g/mol. The molecule has 0 saturated carbocycles. The van der Waals surface area contributed by atoms with E-state index < -0.39 is 6.10 Å². The number of nitrogens with one attached hydrogen (secondary N) is 1. The van der Waals surface area contributed by atoms with Gasteiger partial charge in [0.05, 0.1) is 7.11 Å². The molecule has 1 N–H and O–H groups in total. The smallest absolute Gasteiger partial charge is 0.261 e. The summed E-state index contributed by atoms with van der Waals surface area (Å²) in [5, 5.41) is 2.83. The molecule has 1 atom stereocenters. The summed E-state index contributed by atoms with van der Waals surface area (Å²) in [5.41, 5.74) is 1.50. The van der Waals surface area contributed by atoms with Gasteiger partial charge in [0.25, 0.3) is 5.91 Å². The van der Waals surface area contributed by atoms with E-state index in [1.165, 1.54) is 6.92 Å². The fourth-order valence-corrected chi connectivity index (χ4v) is 2.20. The summed E-state index contributed by atoms with van der Waals surface area (Å²) in [5.74, 6) is 1.03. The Balaban J connectivity index is 1.91. The average molecular weight is 327 g/mol. The van der Waals surface area contributed by atoms with Crippen LogP contribution in [0.4, 0.5) is 0 Å². The van der Waals surface area contributed by atoms with E-state index in [0.29, 0.717) is 17.9 Å². The Bertz CT molecular complexity index is 710. The number of hydrogen-bond acceptors (Lipinski definition) is 4. The van der Waals surface area contributed by atoms with Gasteiger partial charge in [0.1, 0.15) is 11.5 Å². The van der Waals surface area contributed by atoms with Crippen LogP contribution in [0.15, 0.2) is 48.5 Å². The second-order valence-corrected chi connectivity index (χ2v) is 5.37. The number of Topliss-reactive ketones (excluding diaryl/α,β-unsaturated/α-hetero) is 1. The number of methoxy groups -OCH3 is 1. The summed E-state index contributed by atoms with van der Waals surface area (Å²) in [6, 6.07) is 14.2. The first-order valence-electron chi connectivity index (χ1n) is 7.68. The first-order chi connectivity index (χ1) is 11.5. The van der Waals surface area contributed by atoms with Crippen molar-refractivity contribution in [2.24, 2.45) is 0 Å². The zero-order valence-electron chi connectivity index (χ0n) is 14.0. The van der Waals surface area contributed by atoms with Crippen LogP contribution in [-0.2, 0) is 11.3 Å². The predicted molar refractivity (Wildman–Crippen MR) is 91.4 cm³/mol. The molecule has 0 aliphatic carbocycles. The number of amides is 1. The molecule has 1 unspecified atom stereocenters. The van der Waals surface area contributed by atoms with Crippen LogP contribution in [-0.4, -0.2) is 24.9 Å².